The van der Waals surface area contributed by atoms with Crippen LogP contribution in [0.1, 0.15) is 17.0 Å². The maximum atomic E-state index is 12.5. The van der Waals surface area contributed by atoms with E-state index in [0.29, 0.717) is 17.7 Å². The average Bonchev–Trinajstić information content (AvgIpc) is 3.10. The van der Waals surface area contributed by atoms with Crippen molar-refractivity contribution in [1.29, 1.82) is 0 Å². The lowest BCUT2D eigenvalue weighted by Gasteiger charge is -2.15. The van der Waals surface area contributed by atoms with Crippen LogP contribution in [-0.2, 0) is 0 Å². The van der Waals surface area contributed by atoms with Gasteiger partial charge in [0, 0.05) is 24.5 Å². The molecule has 2 aliphatic heterocycles. The molecule has 0 bridgehead atoms. The summed E-state index contributed by atoms with van der Waals surface area (Å²) in [7, 11) is 0. The third kappa shape index (κ3) is 1.75. The summed E-state index contributed by atoms with van der Waals surface area (Å²) in [6.45, 7) is 2.75. The third-order valence-electron chi connectivity index (χ3n) is 4.29. The third-order valence-corrected chi connectivity index (χ3v) is 4.29. The molecule has 2 aromatic rings. The Morgan fingerprint density at radius 1 is 1.32 bits per heavy atom. The highest BCUT2D eigenvalue weighted by Gasteiger charge is 2.38. The second kappa shape index (κ2) is 4.10. The number of hydrogen-bond donors (Lipinski definition) is 1. The van der Waals surface area contributed by atoms with Gasteiger partial charge in [-0.3, -0.25) is 4.79 Å². The van der Waals surface area contributed by atoms with Gasteiger partial charge in [-0.2, -0.15) is 0 Å². The molecule has 1 amide bonds. The summed E-state index contributed by atoms with van der Waals surface area (Å²) in [5, 5.41) is 4.45. The predicted octanol–water partition coefficient (Wildman–Crippen LogP) is 1.87. The van der Waals surface area contributed by atoms with Crippen molar-refractivity contribution >= 4 is 16.9 Å². The minimum atomic E-state index is 0.0207. The number of rotatable bonds is 1. The molecule has 1 N–H and O–H groups in total. The van der Waals surface area contributed by atoms with Crippen molar-refractivity contribution in [3.63, 3.8) is 0 Å². The van der Waals surface area contributed by atoms with Crippen LogP contribution in [0.4, 0.5) is 0 Å². The molecular formula is C15H16N2O2. The smallest absolute Gasteiger partial charge is 0.289 e. The molecule has 19 heavy (non-hydrogen) atoms. The van der Waals surface area contributed by atoms with Crippen molar-refractivity contribution in [3.8, 4) is 0 Å². The number of hydrogen-bond acceptors (Lipinski definition) is 3. The number of furan rings is 1. The van der Waals surface area contributed by atoms with Crippen molar-refractivity contribution in [2.45, 2.75) is 12.5 Å². The van der Waals surface area contributed by atoms with Crippen LogP contribution in [0.25, 0.3) is 11.0 Å². The Morgan fingerprint density at radius 2 is 2.21 bits per heavy atom. The number of carbonyl (C=O) groups is 1. The van der Waals surface area contributed by atoms with Gasteiger partial charge in [-0.1, -0.05) is 18.2 Å². The monoisotopic (exact) mass is 256 g/mol. The lowest BCUT2D eigenvalue weighted by Crippen LogP contribution is -2.33. The molecule has 2 fully saturated rings. The van der Waals surface area contributed by atoms with E-state index in [2.05, 4.69) is 5.32 Å². The molecular weight excluding hydrogens is 240 g/mol. The zero-order valence-electron chi connectivity index (χ0n) is 10.6. The Labute approximate surface area is 111 Å². The van der Waals surface area contributed by atoms with Crippen molar-refractivity contribution in [1.82, 2.24) is 10.2 Å². The highest BCUT2D eigenvalue weighted by molar-refractivity contribution is 5.96. The summed E-state index contributed by atoms with van der Waals surface area (Å²) < 4.78 is 5.65. The van der Waals surface area contributed by atoms with Crippen molar-refractivity contribution in [3.05, 3.63) is 36.1 Å². The number of nitrogens with zero attached hydrogens (tertiary/aromatic N) is 1. The van der Waals surface area contributed by atoms with Crippen molar-refractivity contribution < 1.29 is 9.21 Å². The Hall–Kier alpha value is -1.81. The van der Waals surface area contributed by atoms with E-state index in [1.807, 2.05) is 35.2 Å². The summed E-state index contributed by atoms with van der Waals surface area (Å²) >= 11 is 0. The summed E-state index contributed by atoms with van der Waals surface area (Å²) in [6.07, 6.45) is 1.18. The molecule has 0 unspecified atom stereocenters. The van der Waals surface area contributed by atoms with Crippen LogP contribution in [0.5, 0.6) is 0 Å². The topological polar surface area (TPSA) is 45.5 Å². The number of fused-ring (bicyclic) bond motifs is 2. The van der Waals surface area contributed by atoms with Crippen LogP contribution in [0.2, 0.25) is 0 Å². The molecule has 4 rings (SSSR count). The molecule has 3 heterocycles. The second-order valence-electron chi connectivity index (χ2n) is 5.47. The van der Waals surface area contributed by atoms with E-state index in [0.717, 1.165) is 30.6 Å². The van der Waals surface area contributed by atoms with Gasteiger partial charge in [-0.05, 0) is 31.0 Å². The highest BCUT2D eigenvalue weighted by Crippen LogP contribution is 2.27. The first-order valence-electron chi connectivity index (χ1n) is 6.82. The summed E-state index contributed by atoms with van der Waals surface area (Å²) in [5.41, 5.74) is 0.781. The van der Waals surface area contributed by atoms with Crippen LogP contribution in [0, 0.1) is 5.92 Å². The van der Waals surface area contributed by atoms with Gasteiger partial charge in [0.05, 0.1) is 0 Å². The molecule has 1 aromatic heterocycles. The summed E-state index contributed by atoms with van der Waals surface area (Å²) in [4.78, 5) is 14.4. The number of carbonyl (C=O) groups excluding carboxylic acids is 1. The molecule has 0 radical (unpaired) electrons. The normalized spacial score (nSPS) is 26.0. The summed E-state index contributed by atoms with van der Waals surface area (Å²) in [5.74, 6) is 1.10. The minimum Gasteiger partial charge on any atom is -0.451 e. The van der Waals surface area contributed by atoms with E-state index >= 15 is 0 Å². The van der Waals surface area contributed by atoms with E-state index < -0.39 is 0 Å². The van der Waals surface area contributed by atoms with E-state index in [4.69, 9.17) is 4.42 Å². The van der Waals surface area contributed by atoms with Crippen molar-refractivity contribution in [2.75, 3.05) is 19.6 Å². The first-order valence-corrected chi connectivity index (χ1v) is 6.82. The van der Waals surface area contributed by atoms with Crippen LogP contribution >= 0.6 is 0 Å². The van der Waals surface area contributed by atoms with E-state index in [1.165, 1.54) is 6.42 Å². The fraction of sp³-hybridized carbons (Fsp3) is 0.400. The van der Waals surface area contributed by atoms with Gasteiger partial charge in [-0.25, -0.2) is 0 Å². The number of nitrogens with one attached hydrogen (secondary N) is 1. The molecule has 2 aliphatic rings. The van der Waals surface area contributed by atoms with Gasteiger partial charge in [0.25, 0.3) is 5.91 Å². The fourth-order valence-electron chi connectivity index (χ4n) is 3.26. The quantitative estimate of drug-likeness (QED) is 0.847. The standard InChI is InChI=1S/C15H16N2O2/c18-15(17-8-11-5-6-16-12(11)9-17)14-7-10-3-1-2-4-13(10)19-14/h1-4,7,11-12,16H,5-6,8-9H2/t11-,12+/m0/s1. The number of para-hydroxylation sites is 1. The Morgan fingerprint density at radius 3 is 3.05 bits per heavy atom. The predicted molar refractivity (Wildman–Crippen MR) is 72.0 cm³/mol. The molecule has 4 nitrogen and oxygen atoms in total. The van der Waals surface area contributed by atoms with Crippen LogP contribution < -0.4 is 5.32 Å². The number of amides is 1. The Bertz CT molecular complexity index is 589. The molecule has 2 atom stereocenters. The zero-order chi connectivity index (χ0) is 12.8. The minimum absolute atomic E-state index is 0.0207. The molecule has 0 saturated carbocycles. The van der Waals surface area contributed by atoms with E-state index in [9.17, 15) is 4.79 Å². The lowest BCUT2D eigenvalue weighted by atomic mass is 10.1. The van der Waals surface area contributed by atoms with Crippen LogP contribution in [0.3, 0.4) is 0 Å². The lowest BCUT2D eigenvalue weighted by molar-refractivity contribution is 0.0753. The highest BCUT2D eigenvalue weighted by atomic mass is 16.3. The number of likely N-dealkylation sites (tertiary alicyclic amines) is 1. The molecule has 0 spiro atoms. The summed E-state index contributed by atoms with van der Waals surface area (Å²) in [6, 6.07) is 10.1. The van der Waals surface area contributed by atoms with Gasteiger partial charge < -0.3 is 14.6 Å². The first kappa shape index (κ1) is 11.1. The SMILES string of the molecule is O=C(c1cc2ccccc2o1)N1C[C@@H]2CCN[C@@H]2C1. The molecule has 98 valence electrons. The van der Waals surface area contributed by atoms with Gasteiger partial charge in [-0.15, -0.1) is 0 Å². The maximum Gasteiger partial charge on any atom is 0.289 e. The maximum absolute atomic E-state index is 12.5. The average molecular weight is 256 g/mol. The Kier molecular flexibility index (Phi) is 2.38. The van der Waals surface area contributed by atoms with Crippen LogP contribution in [0.15, 0.2) is 34.7 Å². The molecule has 0 aliphatic carbocycles. The van der Waals surface area contributed by atoms with Gasteiger partial charge in [0.2, 0.25) is 0 Å². The van der Waals surface area contributed by atoms with Gasteiger partial charge in [0.15, 0.2) is 5.76 Å². The van der Waals surface area contributed by atoms with Crippen molar-refractivity contribution in [2.24, 2.45) is 5.92 Å². The largest absolute Gasteiger partial charge is 0.451 e. The molecule has 1 aromatic carbocycles. The zero-order valence-corrected chi connectivity index (χ0v) is 10.6. The molecule has 4 heteroatoms. The fourth-order valence-corrected chi connectivity index (χ4v) is 3.26. The van der Waals surface area contributed by atoms with E-state index in [1.54, 1.807) is 0 Å². The van der Waals surface area contributed by atoms with Crippen LogP contribution in [-0.4, -0.2) is 36.5 Å². The number of benzene rings is 1. The Balaban J connectivity index is 1.60. The van der Waals surface area contributed by atoms with Gasteiger partial charge >= 0.3 is 0 Å². The molecule has 2 saturated heterocycles. The van der Waals surface area contributed by atoms with Gasteiger partial charge in [0.1, 0.15) is 5.58 Å². The first-order chi connectivity index (χ1) is 9.31. The second-order valence-corrected chi connectivity index (χ2v) is 5.47. The van der Waals surface area contributed by atoms with E-state index in [-0.39, 0.29) is 5.91 Å².